The monoisotopic (exact) mass is 207 g/mol. The van der Waals surface area contributed by atoms with E-state index >= 15 is 0 Å². The summed E-state index contributed by atoms with van der Waals surface area (Å²) in [6.45, 7) is 0. The first-order valence-electron chi connectivity index (χ1n) is 2.96. The van der Waals surface area contributed by atoms with E-state index in [2.05, 4.69) is 0 Å². The Bertz CT molecular complexity index is 340. The minimum atomic E-state index is -0.804. The van der Waals surface area contributed by atoms with Gasteiger partial charge in [0.05, 0.1) is 10.6 Å². The third-order valence-electron chi connectivity index (χ3n) is 1.26. The SMILES string of the molecule is NC(=O)c1cc(Cl)cc(F)c1Cl. The van der Waals surface area contributed by atoms with Gasteiger partial charge in [0, 0.05) is 5.02 Å². The molecule has 0 aliphatic heterocycles. The zero-order chi connectivity index (χ0) is 9.30. The molecule has 12 heavy (non-hydrogen) atoms. The lowest BCUT2D eigenvalue weighted by Crippen LogP contribution is -2.12. The number of rotatable bonds is 1. The van der Waals surface area contributed by atoms with Crippen LogP contribution in [0.4, 0.5) is 4.39 Å². The summed E-state index contributed by atoms with van der Waals surface area (Å²) in [5, 5.41) is -0.211. The van der Waals surface area contributed by atoms with E-state index in [4.69, 9.17) is 28.9 Å². The third kappa shape index (κ3) is 1.68. The Labute approximate surface area is 78.1 Å². The molecule has 0 aliphatic carbocycles. The second-order valence-electron chi connectivity index (χ2n) is 2.11. The predicted molar refractivity (Wildman–Crippen MR) is 44.9 cm³/mol. The number of primary amides is 1. The van der Waals surface area contributed by atoms with E-state index in [9.17, 15) is 9.18 Å². The maximum atomic E-state index is 12.8. The Morgan fingerprint density at radius 3 is 2.50 bits per heavy atom. The number of carbonyl (C=O) groups is 1. The van der Waals surface area contributed by atoms with Gasteiger partial charge in [0.1, 0.15) is 5.82 Å². The lowest BCUT2D eigenvalue weighted by molar-refractivity contribution is 0.1000. The molecule has 1 rings (SSSR count). The lowest BCUT2D eigenvalue weighted by atomic mass is 10.2. The molecule has 1 aromatic rings. The van der Waals surface area contributed by atoms with E-state index in [1.54, 1.807) is 0 Å². The molecule has 0 saturated heterocycles. The highest BCUT2D eigenvalue weighted by Crippen LogP contribution is 2.23. The van der Waals surface area contributed by atoms with Crippen LogP contribution in [0.25, 0.3) is 0 Å². The quantitative estimate of drug-likeness (QED) is 0.706. The van der Waals surface area contributed by atoms with Crippen LogP contribution in [-0.2, 0) is 0 Å². The minimum Gasteiger partial charge on any atom is -0.366 e. The molecule has 0 spiro atoms. The molecule has 0 unspecified atom stereocenters. The van der Waals surface area contributed by atoms with E-state index in [0.717, 1.165) is 6.07 Å². The normalized spacial score (nSPS) is 9.92. The number of halogens is 3. The Hall–Kier alpha value is -0.800. The Balaban J connectivity index is 3.37. The van der Waals surface area contributed by atoms with Gasteiger partial charge >= 0.3 is 0 Å². The molecule has 0 radical (unpaired) electrons. The molecule has 64 valence electrons. The number of hydrogen-bond acceptors (Lipinski definition) is 1. The molecule has 0 bridgehead atoms. The zero-order valence-electron chi connectivity index (χ0n) is 5.77. The minimum absolute atomic E-state index is 0.0886. The fraction of sp³-hybridized carbons (Fsp3) is 0. The number of hydrogen-bond donors (Lipinski definition) is 1. The molecular weight excluding hydrogens is 204 g/mol. The average molecular weight is 208 g/mol. The van der Waals surface area contributed by atoms with Crippen LogP contribution in [0.15, 0.2) is 12.1 Å². The van der Waals surface area contributed by atoms with Gasteiger partial charge in [-0.15, -0.1) is 0 Å². The average Bonchev–Trinajstić information content (AvgIpc) is 1.96. The highest BCUT2D eigenvalue weighted by Gasteiger charge is 2.11. The standard InChI is InChI=1S/C7H4Cl2FNO/c8-3-1-4(7(11)12)6(9)5(10)2-3/h1-2H,(H2,11,12). The summed E-state index contributed by atoms with van der Waals surface area (Å²) in [6.07, 6.45) is 0. The van der Waals surface area contributed by atoms with Gasteiger partial charge in [-0.1, -0.05) is 23.2 Å². The van der Waals surface area contributed by atoms with E-state index in [1.165, 1.54) is 6.07 Å². The number of benzene rings is 1. The van der Waals surface area contributed by atoms with Gasteiger partial charge in [0.15, 0.2) is 0 Å². The molecule has 1 amide bonds. The van der Waals surface area contributed by atoms with Gasteiger partial charge in [-0.25, -0.2) is 4.39 Å². The van der Waals surface area contributed by atoms with Crippen LogP contribution in [0.1, 0.15) is 10.4 Å². The van der Waals surface area contributed by atoms with E-state index in [-0.39, 0.29) is 15.6 Å². The molecule has 0 atom stereocenters. The summed E-state index contributed by atoms with van der Waals surface area (Å²) in [5.41, 5.74) is 4.79. The van der Waals surface area contributed by atoms with Crippen molar-refractivity contribution in [1.82, 2.24) is 0 Å². The lowest BCUT2D eigenvalue weighted by Gasteiger charge is -2.00. The first-order valence-corrected chi connectivity index (χ1v) is 3.72. The topological polar surface area (TPSA) is 43.1 Å². The molecule has 5 heteroatoms. The Morgan fingerprint density at radius 2 is 2.00 bits per heavy atom. The maximum absolute atomic E-state index is 12.8. The molecule has 0 aliphatic rings. The second-order valence-corrected chi connectivity index (χ2v) is 2.93. The highest BCUT2D eigenvalue weighted by molar-refractivity contribution is 6.35. The van der Waals surface area contributed by atoms with Crippen molar-refractivity contribution in [3.63, 3.8) is 0 Å². The first-order chi connectivity index (χ1) is 5.52. The Kier molecular flexibility index (Phi) is 2.55. The van der Waals surface area contributed by atoms with Crippen LogP contribution in [0.5, 0.6) is 0 Å². The summed E-state index contributed by atoms with van der Waals surface area (Å²) < 4.78 is 12.8. The molecule has 0 heterocycles. The highest BCUT2D eigenvalue weighted by atomic mass is 35.5. The van der Waals surface area contributed by atoms with Crippen molar-refractivity contribution in [2.75, 3.05) is 0 Å². The smallest absolute Gasteiger partial charge is 0.250 e. The fourth-order valence-electron chi connectivity index (χ4n) is 0.735. The van der Waals surface area contributed by atoms with Gasteiger partial charge < -0.3 is 5.73 Å². The van der Waals surface area contributed by atoms with Gasteiger partial charge in [-0.2, -0.15) is 0 Å². The number of nitrogens with two attached hydrogens (primary N) is 1. The zero-order valence-corrected chi connectivity index (χ0v) is 7.29. The first kappa shape index (κ1) is 9.29. The molecule has 1 aromatic carbocycles. The maximum Gasteiger partial charge on any atom is 0.250 e. The number of carbonyl (C=O) groups excluding carboxylic acids is 1. The van der Waals surface area contributed by atoms with Crippen LogP contribution in [0, 0.1) is 5.82 Å². The number of amides is 1. The predicted octanol–water partition coefficient (Wildman–Crippen LogP) is 2.23. The van der Waals surface area contributed by atoms with Gasteiger partial charge in [-0.05, 0) is 12.1 Å². The summed E-state index contributed by atoms with van der Waals surface area (Å²) in [5.74, 6) is -1.56. The van der Waals surface area contributed by atoms with Crippen molar-refractivity contribution in [2.24, 2.45) is 5.73 Å². The molecule has 2 N–H and O–H groups in total. The summed E-state index contributed by atoms with van der Waals surface area (Å²) in [6, 6.07) is 2.23. The van der Waals surface area contributed by atoms with Crippen molar-refractivity contribution >= 4 is 29.1 Å². The van der Waals surface area contributed by atoms with E-state index in [0.29, 0.717) is 0 Å². The molecule has 0 fully saturated rings. The van der Waals surface area contributed by atoms with Gasteiger partial charge in [-0.3, -0.25) is 4.79 Å². The van der Waals surface area contributed by atoms with Crippen LogP contribution >= 0.6 is 23.2 Å². The molecule has 0 aromatic heterocycles. The summed E-state index contributed by atoms with van der Waals surface area (Å²) in [4.78, 5) is 10.6. The molecule has 0 saturated carbocycles. The molecule has 2 nitrogen and oxygen atoms in total. The van der Waals surface area contributed by atoms with Crippen LogP contribution in [0.3, 0.4) is 0 Å². The van der Waals surface area contributed by atoms with Crippen LogP contribution in [0.2, 0.25) is 10.0 Å². The van der Waals surface area contributed by atoms with Crippen LogP contribution in [-0.4, -0.2) is 5.91 Å². The largest absolute Gasteiger partial charge is 0.366 e. The van der Waals surface area contributed by atoms with Crippen molar-refractivity contribution in [3.8, 4) is 0 Å². The van der Waals surface area contributed by atoms with Crippen LogP contribution < -0.4 is 5.73 Å². The summed E-state index contributed by atoms with van der Waals surface area (Å²) in [7, 11) is 0. The van der Waals surface area contributed by atoms with Gasteiger partial charge in [0.2, 0.25) is 5.91 Å². The fourth-order valence-corrected chi connectivity index (χ4v) is 1.14. The summed E-state index contributed by atoms with van der Waals surface area (Å²) >= 11 is 10.9. The third-order valence-corrected chi connectivity index (χ3v) is 1.86. The van der Waals surface area contributed by atoms with Crippen molar-refractivity contribution in [2.45, 2.75) is 0 Å². The molecular formula is C7H4Cl2FNO. The van der Waals surface area contributed by atoms with E-state index < -0.39 is 11.7 Å². The van der Waals surface area contributed by atoms with Crippen molar-refractivity contribution in [3.05, 3.63) is 33.6 Å². The van der Waals surface area contributed by atoms with Gasteiger partial charge in [0.25, 0.3) is 0 Å². The van der Waals surface area contributed by atoms with Crippen molar-refractivity contribution in [1.29, 1.82) is 0 Å². The second kappa shape index (κ2) is 3.29. The van der Waals surface area contributed by atoms with E-state index in [1.807, 2.05) is 0 Å². The Morgan fingerprint density at radius 1 is 1.42 bits per heavy atom. The van der Waals surface area contributed by atoms with Crippen molar-refractivity contribution < 1.29 is 9.18 Å².